The molecule has 5 aromatic rings. The number of aryl methyl sites for hydroxylation is 3. The van der Waals surface area contributed by atoms with Crippen molar-refractivity contribution in [1.82, 2.24) is 0 Å². The number of hydrogen-bond donors (Lipinski definition) is 0. The monoisotopic (exact) mass is 771 g/mol. The number of furan rings is 1. The maximum Gasteiger partial charge on any atom is 0.135 e. The molecule has 0 aliphatic carbocycles. The number of unbranched alkanes of at least 4 members (excludes halogenated alkanes) is 1. The van der Waals surface area contributed by atoms with E-state index >= 15 is 0 Å². The van der Waals surface area contributed by atoms with Crippen molar-refractivity contribution >= 4 is 36.9 Å². The number of para-hydroxylation sites is 1. The third-order valence-corrected chi connectivity index (χ3v) is 9.79. The first-order valence-corrected chi connectivity index (χ1v) is 21.8. The van der Waals surface area contributed by atoms with Crippen molar-refractivity contribution in [2.24, 2.45) is 0 Å². The summed E-state index contributed by atoms with van der Waals surface area (Å²) in [5.74, 6) is 2.31. The van der Waals surface area contributed by atoms with Crippen LogP contribution in [-0.2, 0) is 12.8 Å². The van der Waals surface area contributed by atoms with Crippen LogP contribution in [0.5, 0.6) is 0 Å². The Morgan fingerprint density at radius 1 is 0.750 bits per heavy atom. The van der Waals surface area contributed by atoms with Gasteiger partial charge in [-0.05, 0) is 112 Å². The van der Waals surface area contributed by atoms with Gasteiger partial charge in [-0.25, -0.2) is 0 Å². The molecule has 0 amide bonds. The van der Waals surface area contributed by atoms with Crippen LogP contribution >= 0.6 is 8.19 Å². The van der Waals surface area contributed by atoms with Crippen molar-refractivity contribution in [2.75, 3.05) is 0 Å². The largest absolute Gasteiger partial charge is 0.456 e. The maximum absolute atomic E-state index is 5.71. The zero-order chi connectivity index (χ0) is 42.1. The molecule has 1 unspecified atom stereocenters. The fourth-order valence-corrected chi connectivity index (χ4v) is 6.47. The van der Waals surface area contributed by atoms with Crippen LogP contribution < -0.4 is 10.6 Å². The highest BCUT2D eigenvalue weighted by molar-refractivity contribution is 7.30. The standard InChI is InChI=1S/C17H25P.C13H14O.C10H14.C7H8.C5H8.C2H6/c1-6-9-17-15(10-11-18-17)16(14(5)8-3)12-13(4)7-2;1-3-7-10-11-8-5-6-9-13(11)14-12(10)4-2;1-2-3-7-10-8-5-4-6-9-10;1-7-5-3-2-4-6-7;1-4-5(2)3;1-2/h8,10-12,18H,3,6-7,9H2,1-2,4-5H3;4-9H,3H2,1-2H3;4-6,8-9H,2-3,7H2,1H3;2-6H,1H3;4H,1-2H2,3H3;1-2H3/b13-12-,16-14+;10-7-,12-4+;;;;. The summed E-state index contributed by atoms with van der Waals surface area (Å²) in [7, 11) is 0.872. The zero-order valence-electron chi connectivity index (χ0n) is 37.1. The summed E-state index contributed by atoms with van der Waals surface area (Å²) in [6, 6.07) is 31.4. The minimum Gasteiger partial charge on any atom is -0.456 e. The molecule has 0 saturated heterocycles. The van der Waals surface area contributed by atoms with Gasteiger partial charge in [-0.1, -0.05) is 200 Å². The number of fused-ring (bicyclic) bond motifs is 1. The van der Waals surface area contributed by atoms with Crippen LogP contribution in [0.25, 0.3) is 28.7 Å². The summed E-state index contributed by atoms with van der Waals surface area (Å²) in [6.45, 7) is 34.1. The molecule has 5 rings (SSSR count). The fourth-order valence-electron chi connectivity index (χ4n) is 5.25. The molecule has 0 aliphatic heterocycles. The summed E-state index contributed by atoms with van der Waals surface area (Å²) in [6.07, 6.45) is 18.7. The van der Waals surface area contributed by atoms with E-state index in [1.54, 1.807) is 11.4 Å². The first kappa shape index (κ1) is 51.4. The van der Waals surface area contributed by atoms with Crippen LogP contribution in [0.1, 0.15) is 123 Å². The second kappa shape index (κ2) is 32.6. The minimum atomic E-state index is 0.872. The Kier molecular flexibility index (Phi) is 30.0. The fraction of sp³-hybridized carbons (Fsp3) is 0.333. The topological polar surface area (TPSA) is 13.1 Å². The van der Waals surface area contributed by atoms with E-state index in [2.05, 4.69) is 141 Å². The Morgan fingerprint density at radius 3 is 1.82 bits per heavy atom. The molecule has 1 atom stereocenters. The van der Waals surface area contributed by atoms with Crippen LogP contribution in [-0.4, -0.2) is 0 Å². The van der Waals surface area contributed by atoms with E-state index in [0.29, 0.717) is 0 Å². The molecule has 1 nitrogen and oxygen atoms in total. The van der Waals surface area contributed by atoms with Crippen molar-refractivity contribution in [2.45, 2.75) is 121 Å². The molecular formula is C54H75OP. The highest BCUT2D eigenvalue weighted by atomic mass is 31.0. The maximum atomic E-state index is 5.71. The van der Waals surface area contributed by atoms with Gasteiger partial charge in [-0.2, -0.15) is 0 Å². The van der Waals surface area contributed by atoms with E-state index in [-0.39, 0.29) is 0 Å². The molecule has 0 radical (unpaired) electrons. The second-order valence-corrected chi connectivity index (χ2v) is 14.6. The number of hydrogen-bond acceptors (Lipinski definition) is 1. The molecule has 0 bridgehead atoms. The first-order valence-electron chi connectivity index (χ1n) is 20.7. The average molecular weight is 771 g/mol. The first-order chi connectivity index (χ1) is 27.1. The number of allylic oxidation sites excluding steroid dienone is 7. The molecule has 0 spiro atoms. The Bertz CT molecular complexity index is 1960. The molecule has 2 aromatic heterocycles. The second-order valence-electron chi connectivity index (χ2n) is 13.3. The normalized spacial score (nSPS) is 11.5. The van der Waals surface area contributed by atoms with Crippen molar-refractivity contribution in [3.8, 4) is 0 Å². The highest BCUT2D eigenvalue weighted by Gasteiger charge is 2.08. The van der Waals surface area contributed by atoms with Crippen molar-refractivity contribution in [3.05, 3.63) is 184 Å². The lowest BCUT2D eigenvalue weighted by Crippen LogP contribution is -2.19. The predicted octanol–water partition coefficient (Wildman–Crippen LogP) is 16.2. The molecular weight excluding hydrogens is 696 g/mol. The van der Waals surface area contributed by atoms with E-state index < -0.39 is 0 Å². The molecule has 0 N–H and O–H groups in total. The third-order valence-electron chi connectivity index (χ3n) is 8.59. The van der Waals surface area contributed by atoms with E-state index in [1.807, 2.05) is 76.2 Å². The smallest absolute Gasteiger partial charge is 0.135 e. The molecule has 2 heterocycles. The van der Waals surface area contributed by atoms with Crippen molar-refractivity contribution in [3.63, 3.8) is 0 Å². The summed E-state index contributed by atoms with van der Waals surface area (Å²) in [5, 5.41) is 4.04. The number of rotatable bonds is 11. The van der Waals surface area contributed by atoms with E-state index in [1.165, 1.54) is 76.1 Å². The van der Waals surface area contributed by atoms with Gasteiger partial charge >= 0.3 is 0 Å². The van der Waals surface area contributed by atoms with Gasteiger partial charge in [0.1, 0.15) is 11.0 Å². The third kappa shape index (κ3) is 20.9. The summed E-state index contributed by atoms with van der Waals surface area (Å²) in [4.78, 5) is 0. The van der Waals surface area contributed by atoms with E-state index in [0.717, 1.165) is 37.6 Å². The Morgan fingerprint density at radius 2 is 1.34 bits per heavy atom. The van der Waals surface area contributed by atoms with Gasteiger partial charge in [0.05, 0.1) is 0 Å². The molecule has 0 fully saturated rings. The van der Waals surface area contributed by atoms with Gasteiger partial charge in [0.25, 0.3) is 0 Å². The lowest BCUT2D eigenvalue weighted by Gasteiger charge is -2.09. The van der Waals surface area contributed by atoms with Gasteiger partial charge in [0, 0.05) is 10.6 Å². The molecule has 56 heavy (non-hydrogen) atoms. The Hall–Kier alpha value is -4.58. The van der Waals surface area contributed by atoms with Crippen LogP contribution in [0.2, 0.25) is 0 Å². The zero-order valence-corrected chi connectivity index (χ0v) is 38.1. The average Bonchev–Trinajstić information content (AvgIpc) is 3.85. The van der Waals surface area contributed by atoms with Gasteiger partial charge in [0.2, 0.25) is 0 Å². The van der Waals surface area contributed by atoms with Crippen LogP contribution in [0.3, 0.4) is 0 Å². The predicted molar refractivity (Wildman–Crippen MR) is 260 cm³/mol. The molecule has 3 aromatic carbocycles. The van der Waals surface area contributed by atoms with Gasteiger partial charge < -0.3 is 4.42 Å². The van der Waals surface area contributed by atoms with Crippen LogP contribution in [0.4, 0.5) is 0 Å². The van der Waals surface area contributed by atoms with Gasteiger partial charge in [-0.15, -0.1) is 8.19 Å². The Labute approximate surface area is 345 Å². The SMILES string of the molecule is C/C=c1/oc2ccccc2/c1=C/CC.C=C/C(C)=C(\C=C(\C)CC)c1cc[pH]c1CCC.C=CC(=C)C.CC.CCCCc1ccccc1.Cc1ccccc1. The van der Waals surface area contributed by atoms with Crippen LogP contribution in [0.15, 0.2) is 156 Å². The van der Waals surface area contributed by atoms with Crippen molar-refractivity contribution in [1.29, 1.82) is 0 Å². The molecule has 302 valence electrons. The molecule has 0 aliphatic rings. The highest BCUT2D eigenvalue weighted by Crippen LogP contribution is 2.33. The Balaban J connectivity index is 0.000000708. The molecule has 2 heteroatoms. The van der Waals surface area contributed by atoms with E-state index in [9.17, 15) is 0 Å². The lowest BCUT2D eigenvalue weighted by atomic mass is 9.97. The number of benzene rings is 3. The lowest BCUT2D eigenvalue weighted by molar-refractivity contribution is 0.574. The summed E-state index contributed by atoms with van der Waals surface area (Å²) in [5.41, 5.74) is 11.3. The summed E-state index contributed by atoms with van der Waals surface area (Å²) < 4.78 is 5.71. The van der Waals surface area contributed by atoms with Gasteiger partial charge in [0.15, 0.2) is 0 Å². The van der Waals surface area contributed by atoms with E-state index in [4.69, 9.17) is 4.42 Å². The van der Waals surface area contributed by atoms with Crippen molar-refractivity contribution < 1.29 is 4.42 Å². The quantitative estimate of drug-likeness (QED) is 0.122. The molecule has 0 saturated carbocycles. The van der Waals surface area contributed by atoms with Gasteiger partial charge in [-0.3, -0.25) is 0 Å². The summed E-state index contributed by atoms with van der Waals surface area (Å²) >= 11 is 0. The van der Waals surface area contributed by atoms with Crippen LogP contribution in [0, 0.1) is 6.92 Å². The minimum absolute atomic E-state index is 0.872.